The monoisotopic (exact) mass is 367 g/mol. The van der Waals surface area contributed by atoms with Crippen molar-refractivity contribution in [3.8, 4) is 0 Å². The van der Waals surface area contributed by atoms with Crippen molar-refractivity contribution in [1.29, 1.82) is 0 Å². The number of fused-ring (bicyclic) bond motifs is 1. The van der Waals surface area contributed by atoms with E-state index >= 15 is 0 Å². The number of hydrogen-bond donors (Lipinski definition) is 0. The number of hydrogen-bond acceptors (Lipinski definition) is 5. The molecule has 2 aromatic rings. The molecule has 0 amide bonds. The molecule has 6 nitrogen and oxygen atoms in total. The van der Waals surface area contributed by atoms with E-state index in [2.05, 4.69) is 30.7 Å². The van der Waals surface area contributed by atoms with Crippen molar-refractivity contribution in [2.45, 2.75) is 71.3 Å². The van der Waals surface area contributed by atoms with Crippen molar-refractivity contribution in [1.82, 2.24) is 19.7 Å². The van der Waals surface area contributed by atoms with Crippen LogP contribution in [0, 0.1) is 6.92 Å². The minimum absolute atomic E-state index is 0.000206. The van der Waals surface area contributed by atoms with E-state index in [-0.39, 0.29) is 17.0 Å². The fourth-order valence-electron chi connectivity index (χ4n) is 4.20. The van der Waals surface area contributed by atoms with Crippen LogP contribution >= 0.6 is 0 Å². The zero-order valence-electron chi connectivity index (χ0n) is 16.8. The Kier molecular flexibility index (Phi) is 4.52. The molecule has 0 radical (unpaired) electrons. The number of nitrogens with zero attached hydrogens (tertiary/aromatic N) is 5. The highest BCUT2D eigenvalue weighted by Crippen LogP contribution is 2.32. The highest BCUT2D eigenvalue weighted by atomic mass is 16.1. The molecule has 1 aliphatic heterocycles. The molecule has 0 saturated carbocycles. The molecule has 27 heavy (non-hydrogen) atoms. The van der Waals surface area contributed by atoms with E-state index in [9.17, 15) is 4.79 Å². The Morgan fingerprint density at radius 3 is 2.52 bits per heavy atom. The number of anilines is 1. The van der Waals surface area contributed by atoms with Crippen LogP contribution in [0.5, 0.6) is 0 Å². The van der Waals surface area contributed by atoms with Gasteiger partial charge in [0.2, 0.25) is 0 Å². The number of rotatable bonds is 2. The van der Waals surface area contributed by atoms with Crippen molar-refractivity contribution < 1.29 is 0 Å². The van der Waals surface area contributed by atoms with Gasteiger partial charge in [-0.25, -0.2) is 14.6 Å². The van der Waals surface area contributed by atoms with E-state index in [1.54, 1.807) is 10.7 Å². The lowest BCUT2D eigenvalue weighted by molar-refractivity contribution is 0.342. The largest absolute Gasteiger partial charge is 0.356 e. The Bertz CT molecular complexity index is 904. The van der Waals surface area contributed by atoms with Crippen LogP contribution in [0.2, 0.25) is 0 Å². The van der Waals surface area contributed by atoms with Crippen molar-refractivity contribution in [3.05, 3.63) is 45.3 Å². The van der Waals surface area contributed by atoms with E-state index < -0.39 is 0 Å². The van der Waals surface area contributed by atoms with Crippen molar-refractivity contribution in [3.63, 3.8) is 0 Å². The van der Waals surface area contributed by atoms with Crippen LogP contribution in [-0.4, -0.2) is 32.8 Å². The maximum atomic E-state index is 12.4. The van der Waals surface area contributed by atoms with Crippen LogP contribution in [0.15, 0.2) is 16.9 Å². The van der Waals surface area contributed by atoms with Gasteiger partial charge in [-0.15, -0.1) is 0 Å². The maximum absolute atomic E-state index is 12.4. The van der Waals surface area contributed by atoms with Crippen molar-refractivity contribution in [2.24, 2.45) is 0 Å². The van der Waals surface area contributed by atoms with Gasteiger partial charge in [0, 0.05) is 35.8 Å². The zero-order chi connectivity index (χ0) is 19.2. The molecular formula is C21H29N5O. The molecule has 1 fully saturated rings. The quantitative estimate of drug-likeness (QED) is 0.816. The first kappa shape index (κ1) is 18.1. The van der Waals surface area contributed by atoms with Gasteiger partial charge in [-0.3, -0.25) is 4.79 Å². The predicted octanol–water partition coefficient (Wildman–Crippen LogP) is 2.97. The van der Waals surface area contributed by atoms with Gasteiger partial charge in [0.1, 0.15) is 11.6 Å². The number of aromatic nitrogens is 4. The minimum Gasteiger partial charge on any atom is -0.356 e. The molecule has 144 valence electrons. The summed E-state index contributed by atoms with van der Waals surface area (Å²) in [6, 6.07) is 3.69. The van der Waals surface area contributed by atoms with Crippen LogP contribution in [-0.2, 0) is 18.3 Å². The lowest BCUT2D eigenvalue weighted by Crippen LogP contribution is -2.40. The maximum Gasteiger partial charge on any atom is 0.267 e. The Morgan fingerprint density at radius 1 is 1.07 bits per heavy atom. The second kappa shape index (κ2) is 6.73. The van der Waals surface area contributed by atoms with Crippen molar-refractivity contribution >= 4 is 5.82 Å². The average Bonchev–Trinajstić information content (AvgIpc) is 3.09. The highest BCUT2D eigenvalue weighted by Gasteiger charge is 2.28. The Hall–Kier alpha value is -2.24. The lowest BCUT2D eigenvalue weighted by Gasteiger charge is -2.34. The molecule has 0 unspecified atom stereocenters. The van der Waals surface area contributed by atoms with Gasteiger partial charge >= 0.3 is 0 Å². The molecule has 2 aromatic heterocycles. The number of aryl methyl sites for hydroxylation is 2. The van der Waals surface area contributed by atoms with Crippen LogP contribution in [0.1, 0.15) is 68.9 Å². The van der Waals surface area contributed by atoms with E-state index in [1.807, 2.05) is 13.0 Å². The summed E-state index contributed by atoms with van der Waals surface area (Å²) in [6.07, 6.45) is 5.16. The summed E-state index contributed by atoms with van der Waals surface area (Å²) in [5.74, 6) is 1.99. The van der Waals surface area contributed by atoms with Crippen LogP contribution in [0.3, 0.4) is 0 Å². The molecular weight excluding hydrogens is 338 g/mol. The molecule has 0 N–H and O–H groups in total. The Morgan fingerprint density at radius 2 is 1.81 bits per heavy atom. The second-order valence-electron chi connectivity index (χ2n) is 8.84. The number of piperidine rings is 1. The summed E-state index contributed by atoms with van der Waals surface area (Å²) in [6.45, 7) is 10.2. The van der Waals surface area contributed by atoms with Crippen LogP contribution in [0.4, 0.5) is 5.82 Å². The average molecular weight is 367 g/mol. The molecule has 0 aromatic carbocycles. The van der Waals surface area contributed by atoms with Gasteiger partial charge in [-0.1, -0.05) is 20.8 Å². The third-order valence-corrected chi connectivity index (χ3v) is 5.73. The van der Waals surface area contributed by atoms with E-state index in [1.165, 1.54) is 17.7 Å². The Balaban J connectivity index is 1.55. The SMILES string of the molecule is Cc1nc2c(c(N3CCC(n4nc(C(C)(C)C)ccc4=O)CC3)n1)CCC2. The summed E-state index contributed by atoms with van der Waals surface area (Å²) < 4.78 is 1.72. The van der Waals surface area contributed by atoms with Gasteiger partial charge in [-0.05, 0) is 45.1 Å². The van der Waals surface area contributed by atoms with Crippen LogP contribution < -0.4 is 10.5 Å². The summed E-state index contributed by atoms with van der Waals surface area (Å²) in [7, 11) is 0. The standard InChI is InChI=1S/C21H29N5O/c1-14-22-17-7-5-6-16(17)20(23-14)25-12-10-15(11-13-25)26-19(27)9-8-18(24-26)21(2,3)4/h8-9,15H,5-7,10-13H2,1-4H3. The normalized spacial score (nSPS) is 18.0. The fraction of sp³-hybridized carbons (Fsp3) is 0.619. The summed E-state index contributed by atoms with van der Waals surface area (Å²) >= 11 is 0. The smallest absolute Gasteiger partial charge is 0.267 e. The van der Waals surface area contributed by atoms with Gasteiger partial charge in [0.15, 0.2) is 0 Å². The van der Waals surface area contributed by atoms with Gasteiger partial charge in [0.05, 0.1) is 11.7 Å². The van der Waals surface area contributed by atoms with E-state index in [0.717, 1.165) is 56.1 Å². The summed E-state index contributed by atoms with van der Waals surface area (Å²) in [4.78, 5) is 24.2. The van der Waals surface area contributed by atoms with Gasteiger partial charge in [0.25, 0.3) is 5.56 Å². The molecule has 0 spiro atoms. The molecule has 1 aliphatic carbocycles. The molecule has 4 rings (SSSR count). The lowest BCUT2D eigenvalue weighted by atomic mass is 9.92. The van der Waals surface area contributed by atoms with E-state index in [4.69, 9.17) is 10.1 Å². The van der Waals surface area contributed by atoms with Crippen molar-refractivity contribution in [2.75, 3.05) is 18.0 Å². The van der Waals surface area contributed by atoms with Gasteiger partial charge in [-0.2, -0.15) is 5.10 Å². The highest BCUT2D eigenvalue weighted by molar-refractivity contribution is 5.51. The molecule has 0 atom stereocenters. The zero-order valence-corrected chi connectivity index (χ0v) is 16.8. The molecule has 2 aliphatic rings. The second-order valence-corrected chi connectivity index (χ2v) is 8.84. The first-order valence-electron chi connectivity index (χ1n) is 10.0. The molecule has 3 heterocycles. The molecule has 1 saturated heterocycles. The summed E-state index contributed by atoms with van der Waals surface area (Å²) in [5.41, 5.74) is 3.48. The minimum atomic E-state index is -0.0603. The topological polar surface area (TPSA) is 63.9 Å². The molecule has 6 heteroatoms. The Labute approximate surface area is 160 Å². The first-order chi connectivity index (χ1) is 12.8. The summed E-state index contributed by atoms with van der Waals surface area (Å²) in [5, 5.41) is 4.70. The fourth-order valence-corrected chi connectivity index (χ4v) is 4.20. The van der Waals surface area contributed by atoms with E-state index in [0.29, 0.717) is 0 Å². The predicted molar refractivity (Wildman–Crippen MR) is 106 cm³/mol. The third kappa shape index (κ3) is 3.49. The van der Waals surface area contributed by atoms with Crippen LogP contribution in [0.25, 0.3) is 0 Å². The molecule has 0 bridgehead atoms. The van der Waals surface area contributed by atoms with Gasteiger partial charge < -0.3 is 4.90 Å². The third-order valence-electron chi connectivity index (χ3n) is 5.73. The first-order valence-corrected chi connectivity index (χ1v) is 10.0.